The van der Waals surface area contributed by atoms with E-state index in [1.165, 1.54) is 12.1 Å². The number of Topliss-reactive ketones (excluding diaryl/α,β-unsaturated/α-hetero) is 1. The molecule has 1 aromatic carbocycles. The molecule has 0 bridgehead atoms. The van der Waals surface area contributed by atoms with Crippen molar-refractivity contribution in [1.29, 1.82) is 0 Å². The van der Waals surface area contributed by atoms with Gasteiger partial charge in [-0.05, 0) is 37.0 Å². The standard InChI is InChI=1S/C11H10ClFO/c1-6(14)9-5-10(9)8-3-2-7(13)4-11(8)12/h2-4,9-10H,5H2,1H3. The maximum atomic E-state index is 12.7. The van der Waals surface area contributed by atoms with Crippen LogP contribution in [0.3, 0.4) is 0 Å². The fraction of sp³-hybridized carbons (Fsp3) is 0.364. The summed E-state index contributed by atoms with van der Waals surface area (Å²) in [7, 11) is 0. The zero-order valence-corrected chi connectivity index (χ0v) is 8.51. The minimum Gasteiger partial charge on any atom is -0.300 e. The van der Waals surface area contributed by atoms with Crippen molar-refractivity contribution in [2.75, 3.05) is 0 Å². The molecule has 1 fully saturated rings. The third-order valence-electron chi connectivity index (χ3n) is 2.67. The molecule has 2 rings (SSSR count). The number of halogens is 2. The zero-order chi connectivity index (χ0) is 10.3. The zero-order valence-electron chi connectivity index (χ0n) is 7.76. The van der Waals surface area contributed by atoms with Gasteiger partial charge in [-0.15, -0.1) is 0 Å². The summed E-state index contributed by atoms with van der Waals surface area (Å²) >= 11 is 5.88. The molecule has 2 atom stereocenters. The van der Waals surface area contributed by atoms with Crippen molar-refractivity contribution >= 4 is 17.4 Å². The Morgan fingerprint density at radius 2 is 2.29 bits per heavy atom. The summed E-state index contributed by atoms with van der Waals surface area (Å²) < 4.78 is 12.7. The lowest BCUT2D eigenvalue weighted by Gasteiger charge is -2.02. The molecule has 0 heterocycles. The van der Waals surface area contributed by atoms with E-state index >= 15 is 0 Å². The Hall–Kier alpha value is -0.890. The van der Waals surface area contributed by atoms with Crippen molar-refractivity contribution in [3.8, 4) is 0 Å². The third kappa shape index (κ3) is 1.67. The summed E-state index contributed by atoms with van der Waals surface area (Å²) in [5.74, 6) is 0.160. The topological polar surface area (TPSA) is 17.1 Å². The Labute approximate surface area is 86.9 Å². The second kappa shape index (κ2) is 3.35. The molecular formula is C11H10ClFO. The SMILES string of the molecule is CC(=O)C1CC1c1ccc(F)cc1Cl. The van der Waals surface area contributed by atoms with E-state index in [0.717, 1.165) is 12.0 Å². The van der Waals surface area contributed by atoms with Crippen LogP contribution in [0.15, 0.2) is 18.2 Å². The number of carbonyl (C=O) groups is 1. The maximum absolute atomic E-state index is 12.7. The van der Waals surface area contributed by atoms with E-state index in [0.29, 0.717) is 5.02 Å². The van der Waals surface area contributed by atoms with E-state index in [-0.39, 0.29) is 23.4 Å². The molecule has 0 amide bonds. The van der Waals surface area contributed by atoms with Gasteiger partial charge in [0.1, 0.15) is 11.6 Å². The molecule has 2 unspecified atom stereocenters. The second-order valence-corrected chi connectivity index (χ2v) is 4.13. The number of hydrogen-bond donors (Lipinski definition) is 0. The summed E-state index contributed by atoms with van der Waals surface area (Å²) in [4.78, 5) is 11.1. The molecular weight excluding hydrogens is 203 g/mol. The van der Waals surface area contributed by atoms with Crippen LogP contribution in [-0.2, 0) is 4.79 Å². The highest BCUT2D eigenvalue weighted by atomic mass is 35.5. The van der Waals surface area contributed by atoms with Crippen LogP contribution in [0.4, 0.5) is 4.39 Å². The van der Waals surface area contributed by atoms with Crippen LogP contribution in [-0.4, -0.2) is 5.78 Å². The first-order valence-corrected chi connectivity index (χ1v) is 4.93. The number of ketones is 1. The number of hydrogen-bond acceptors (Lipinski definition) is 1. The van der Waals surface area contributed by atoms with Crippen molar-refractivity contribution in [3.63, 3.8) is 0 Å². The Bertz CT molecular complexity index is 389. The van der Waals surface area contributed by atoms with Gasteiger partial charge in [0.15, 0.2) is 0 Å². The van der Waals surface area contributed by atoms with Gasteiger partial charge in [-0.25, -0.2) is 4.39 Å². The summed E-state index contributed by atoms with van der Waals surface area (Å²) in [6.07, 6.45) is 0.848. The van der Waals surface area contributed by atoms with Crippen LogP contribution in [0.5, 0.6) is 0 Å². The van der Waals surface area contributed by atoms with Crippen molar-refractivity contribution in [2.24, 2.45) is 5.92 Å². The van der Waals surface area contributed by atoms with Gasteiger partial charge in [0, 0.05) is 10.9 Å². The van der Waals surface area contributed by atoms with Crippen LogP contribution < -0.4 is 0 Å². The fourth-order valence-electron chi connectivity index (χ4n) is 1.79. The van der Waals surface area contributed by atoms with Gasteiger partial charge in [0.2, 0.25) is 0 Å². The molecule has 74 valence electrons. The van der Waals surface area contributed by atoms with E-state index in [1.807, 2.05) is 0 Å². The van der Waals surface area contributed by atoms with E-state index < -0.39 is 0 Å². The first-order valence-electron chi connectivity index (χ1n) is 4.55. The minimum absolute atomic E-state index is 0.0953. The van der Waals surface area contributed by atoms with Gasteiger partial charge in [-0.2, -0.15) is 0 Å². The van der Waals surface area contributed by atoms with Gasteiger partial charge in [0.05, 0.1) is 0 Å². The van der Waals surface area contributed by atoms with Crippen molar-refractivity contribution in [2.45, 2.75) is 19.3 Å². The van der Waals surface area contributed by atoms with Crippen molar-refractivity contribution in [1.82, 2.24) is 0 Å². The highest BCUT2D eigenvalue weighted by Crippen LogP contribution is 2.49. The molecule has 0 saturated heterocycles. The molecule has 14 heavy (non-hydrogen) atoms. The number of rotatable bonds is 2. The lowest BCUT2D eigenvalue weighted by molar-refractivity contribution is -0.118. The smallest absolute Gasteiger partial charge is 0.133 e. The Morgan fingerprint density at radius 3 is 2.79 bits per heavy atom. The lowest BCUT2D eigenvalue weighted by Crippen LogP contribution is -1.95. The van der Waals surface area contributed by atoms with E-state index in [9.17, 15) is 9.18 Å². The van der Waals surface area contributed by atoms with Crippen LogP contribution in [0.2, 0.25) is 5.02 Å². The fourth-order valence-corrected chi connectivity index (χ4v) is 2.10. The van der Waals surface area contributed by atoms with Crippen LogP contribution in [0.1, 0.15) is 24.8 Å². The summed E-state index contributed by atoms with van der Waals surface area (Å²) in [5, 5.41) is 0.429. The van der Waals surface area contributed by atoms with Crippen LogP contribution in [0.25, 0.3) is 0 Å². The molecule has 0 spiro atoms. The van der Waals surface area contributed by atoms with Crippen molar-refractivity contribution in [3.05, 3.63) is 34.6 Å². The Morgan fingerprint density at radius 1 is 1.57 bits per heavy atom. The number of benzene rings is 1. The highest BCUT2D eigenvalue weighted by Gasteiger charge is 2.42. The molecule has 3 heteroatoms. The largest absolute Gasteiger partial charge is 0.300 e. The maximum Gasteiger partial charge on any atom is 0.133 e. The van der Waals surface area contributed by atoms with E-state index in [4.69, 9.17) is 11.6 Å². The normalized spacial score (nSPS) is 24.8. The first-order chi connectivity index (χ1) is 6.59. The van der Waals surface area contributed by atoms with Crippen LogP contribution >= 0.6 is 11.6 Å². The minimum atomic E-state index is -0.334. The van der Waals surface area contributed by atoms with E-state index in [1.54, 1.807) is 13.0 Å². The Kier molecular flexibility index (Phi) is 2.31. The molecule has 0 aromatic heterocycles. The number of carbonyl (C=O) groups excluding carboxylic acids is 1. The summed E-state index contributed by atoms with van der Waals surface area (Å²) in [5.41, 5.74) is 0.897. The molecule has 1 aliphatic rings. The third-order valence-corrected chi connectivity index (χ3v) is 3.00. The lowest BCUT2D eigenvalue weighted by atomic mass is 10.1. The van der Waals surface area contributed by atoms with Gasteiger partial charge < -0.3 is 0 Å². The highest BCUT2D eigenvalue weighted by molar-refractivity contribution is 6.31. The van der Waals surface area contributed by atoms with Gasteiger partial charge >= 0.3 is 0 Å². The van der Waals surface area contributed by atoms with Gasteiger partial charge in [0.25, 0.3) is 0 Å². The van der Waals surface area contributed by atoms with E-state index in [2.05, 4.69) is 0 Å². The molecule has 0 radical (unpaired) electrons. The van der Waals surface area contributed by atoms with Crippen molar-refractivity contribution < 1.29 is 9.18 Å². The predicted molar refractivity (Wildman–Crippen MR) is 52.9 cm³/mol. The molecule has 0 aliphatic heterocycles. The molecule has 1 aliphatic carbocycles. The molecule has 0 N–H and O–H groups in total. The monoisotopic (exact) mass is 212 g/mol. The first kappa shape index (κ1) is 9.66. The summed E-state index contributed by atoms with van der Waals surface area (Å²) in [6.45, 7) is 1.59. The van der Waals surface area contributed by atoms with Gasteiger partial charge in [-0.3, -0.25) is 4.79 Å². The molecule has 1 aromatic rings. The average Bonchev–Trinajstić information content (AvgIpc) is 2.83. The average molecular weight is 213 g/mol. The predicted octanol–water partition coefficient (Wildman–Crippen LogP) is 3.17. The quantitative estimate of drug-likeness (QED) is 0.736. The summed E-state index contributed by atoms with van der Waals surface area (Å²) in [6, 6.07) is 4.36. The van der Waals surface area contributed by atoms with Crippen LogP contribution in [0, 0.1) is 11.7 Å². The second-order valence-electron chi connectivity index (χ2n) is 3.73. The van der Waals surface area contributed by atoms with Gasteiger partial charge in [-0.1, -0.05) is 17.7 Å². The Balaban J connectivity index is 2.23. The molecule has 1 saturated carbocycles. The molecule has 1 nitrogen and oxygen atoms in total.